The summed E-state index contributed by atoms with van der Waals surface area (Å²) < 4.78 is 12.8. The third-order valence-electron chi connectivity index (χ3n) is 4.59. The van der Waals surface area contributed by atoms with E-state index in [0.717, 1.165) is 23.3 Å². The number of carbonyl (C=O) groups is 1. The van der Waals surface area contributed by atoms with E-state index in [4.69, 9.17) is 21.1 Å². The Morgan fingerprint density at radius 2 is 1.93 bits per heavy atom. The van der Waals surface area contributed by atoms with Crippen LogP contribution in [0, 0.1) is 0 Å². The molecule has 0 saturated carbocycles. The van der Waals surface area contributed by atoms with Crippen LogP contribution in [-0.4, -0.2) is 36.1 Å². The highest BCUT2D eigenvalue weighted by Gasteiger charge is 2.23. The highest BCUT2D eigenvalue weighted by molar-refractivity contribution is 6.30. The Balaban J connectivity index is 2.09. The molecule has 1 atom stereocenters. The average Bonchev–Trinajstić information content (AvgIpc) is 3.12. The van der Waals surface area contributed by atoms with E-state index in [1.807, 2.05) is 41.8 Å². The van der Waals surface area contributed by atoms with Gasteiger partial charge in [-0.3, -0.25) is 4.79 Å². The van der Waals surface area contributed by atoms with Crippen LogP contribution in [0.15, 0.2) is 42.7 Å². The zero-order valence-corrected chi connectivity index (χ0v) is 17.0. The van der Waals surface area contributed by atoms with Crippen LogP contribution in [0.3, 0.4) is 0 Å². The van der Waals surface area contributed by atoms with Gasteiger partial charge in [0.25, 0.3) is 0 Å². The summed E-state index contributed by atoms with van der Waals surface area (Å²) >= 11 is 6.20. The number of halogens is 1. The lowest BCUT2D eigenvalue weighted by atomic mass is 9.91. The molecule has 6 nitrogen and oxygen atoms in total. The van der Waals surface area contributed by atoms with E-state index in [1.165, 1.54) is 0 Å². The summed E-state index contributed by atoms with van der Waals surface area (Å²) in [7, 11) is 3.21. The van der Waals surface area contributed by atoms with Crippen molar-refractivity contribution >= 4 is 23.2 Å². The summed E-state index contributed by atoms with van der Waals surface area (Å²) in [6.07, 6.45) is 4.76. The number of fused-ring (bicyclic) bond motifs is 1. The summed E-state index contributed by atoms with van der Waals surface area (Å²) in [5, 5.41) is 3.56. The first-order valence-electron chi connectivity index (χ1n) is 9.17. The number of ether oxygens (including phenoxy) is 2. The van der Waals surface area contributed by atoms with Gasteiger partial charge in [0.1, 0.15) is 17.1 Å². The van der Waals surface area contributed by atoms with Gasteiger partial charge in [-0.15, -0.1) is 0 Å². The van der Waals surface area contributed by atoms with E-state index in [0.29, 0.717) is 23.1 Å². The molecule has 148 valence electrons. The summed E-state index contributed by atoms with van der Waals surface area (Å²) in [5.41, 5.74) is 2.55. The van der Waals surface area contributed by atoms with Crippen LogP contribution in [0.4, 0.5) is 0 Å². The van der Waals surface area contributed by atoms with E-state index >= 15 is 0 Å². The molecule has 0 bridgehead atoms. The van der Waals surface area contributed by atoms with Gasteiger partial charge in [-0.25, -0.2) is 4.98 Å². The van der Waals surface area contributed by atoms with Gasteiger partial charge in [-0.2, -0.15) is 0 Å². The summed E-state index contributed by atoms with van der Waals surface area (Å²) in [4.78, 5) is 17.0. The fourth-order valence-electron chi connectivity index (χ4n) is 3.18. The molecule has 1 unspecified atom stereocenters. The van der Waals surface area contributed by atoms with Crippen molar-refractivity contribution in [3.8, 4) is 11.5 Å². The van der Waals surface area contributed by atoms with Gasteiger partial charge in [0.15, 0.2) is 0 Å². The molecule has 1 amide bonds. The first-order chi connectivity index (χ1) is 13.5. The van der Waals surface area contributed by atoms with Crippen molar-refractivity contribution in [2.24, 2.45) is 0 Å². The van der Waals surface area contributed by atoms with Crippen LogP contribution in [0.2, 0.25) is 5.02 Å². The Hall–Kier alpha value is -2.73. The number of methoxy groups -OCH3 is 2. The highest BCUT2D eigenvalue weighted by Crippen LogP contribution is 2.34. The van der Waals surface area contributed by atoms with Crippen molar-refractivity contribution in [3.05, 3.63) is 59.0 Å². The van der Waals surface area contributed by atoms with Gasteiger partial charge in [0.2, 0.25) is 5.91 Å². The minimum absolute atomic E-state index is 0.0226. The van der Waals surface area contributed by atoms with E-state index in [2.05, 4.69) is 10.3 Å². The molecule has 28 heavy (non-hydrogen) atoms. The maximum absolute atomic E-state index is 12.6. The molecule has 3 rings (SSSR count). The van der Waals surface area contributed by atoms with Crippen LogP contribution in [0.5, 0.6) is 11.5 Å². The number of hydrogen-bond acceptors (Lipinski definition) is 4. The van der Waals surface area contributed by atoms with Gasteiger partial charge < -0.3 is 19.2 Å². The maximum atomic E-state index is 12.6. The van der Waals surface area contributed by atoms with Gasteiger partial charge in [0.05, 0.1) is 24.9 Å². The van der Waals surface area contributed by atoms with Gasteiger partial charge in [-0.1, -0.05) is 18.5 Å². The first kappa shape index (κ1) is 20.0. The number of nitrogens with zero attached hydrogens (tertiary/aromatic N) is 2. The molecule has 0 spiro atoms. The molecule has 0 aliphatic rings. The van der Waals surface area contributed by atoms with Crippen molar-refractivity contribution in [1.82, 2.24) is 14.7 Å². The molecule has 0 fully saturated rings. The zero-order chi connectivity index (χ0) is 20.1. The van der Waals surface area contributed by atoms with Crippen molar-refractivity contribution in [2.45, 2.75) is 25.7 Å². The lowest BCUT2D eigenvalue weighted by Crippen LogP contribution is -2.26. The Morgan fingerprint density at radius 3 is 2.57 bits per heavy atom. The van der Waals surface area contributed by atoms with Crippen molar-refractivity contribution in [3.63, 3.8) is 0 Å². The lowest BCUT2D eigenvalue weighted by Gasteiger charge is -2.19. The number of pyridine rings is 1. The lowest BCUT2D eigenvalue weighted by molar-refractivity contribution is -0.121. The van der Waals surface area contributed by atoms with E-state index < -0.39 is 0 Å². The van der Waals surface area contributed by atoms with Crippen LogP contribution >= 0.6 is 11.6 Å². The molecule has 1 aromatic carbocycles. The number of rotatable bonds is 8. The Labute approximate surface area is 169 Å². The van der Waals surface area contributed by atoms with Crippen molar-refractivity contribution in [1.29, 1.82) is 0 Å². The Kier molecular flexibility index (Phi) is 6.41. The fraction of sp³-hybridized carbons (Fsp3) is 0.333. The molecular weight excluding hydrogens is 378 g/mol. The second-order valence-electron chi connectivity index (χ2n) is 6.51. The predicted molar refractivity (Wildman–Crippen MR) is 110 cm³/mol. The first-order valence-corrected chi connectivity index (χ1v) is 9.55. The topological polar surface area (TPSA) is 64.9 Å². The van der Waals surface area contributed by atoms with Crippen LogP contribution in [-0.2, 0) is 4.79 Å². The number of imidazole rings is 1. The Morgan fingerprint density at radius 1 is 1.21 bits per heavy atom. The molecule has 0 aliphatic carbocycles. The van der Waals surface area contributed by atoms with E-state index in [9.17, 15) is 4.79 Å². The van der Waals surface area contributed by atoms with Crippen LogP contribution in [0.1, 0.15) is 36.9 Å². The largest absolute Gasteiger partial charge is 0.497 e. The molecule has 2 heterocycles. The monoisotopic (exact) mass is 401 g/mol. The third kappa shape index (κ3) is 4.39. The molecule has 7 heteroatoms. The van der Waals surface area contributed by atoms with Crippen molar-refractivity contribution < 1.29 is 14.3 Å². The highest BCUT2D eigenvalue weighted by atomic mass is 35.5. The molecule has 2 aromatic heterocycles. The maximum Gasteiger partial charge on any atom is 0.221 e. The normalized spacial score (nSPS) is 12.0. The summed E-state index contributed by atoms with van der Waals surface area (Å²) in [6, 6.07) is 9.30. The number of carbonyl (C=O) groups excluding carboxylic acids is 1. The minimum atomic E-state index is -0.241. The quantitative estimate of drug-likeness (QED) is 0.618. The minimum Gasteiger partial charge on any atom is -0.497 e. The molecule has 0 aliphatic heterocycles. The number of benzene rings is 1. The standard InChI is InChI=1S/C21H24ClN3O3/c1-4-7-23-21(26)11-18(14-8-16(27-2)10-17(9-14)28-3)19-12-24-20-6-5-15(22)13-25(19)20/h5-6,8-10,12-13,18H,4,7,11H2,1-3H3,(H,23,26). The van der Waals surface area contributed by atoms with E-state index in [1.54, 1.807) is 26.5 Å². The van der Waals surface area contributed by atoms with Gasteiger partial charge in [0, 0.05) is 37.3 Å². The molecule has 1 N–H and O–H groups in total. The van der Waals surface area contributed by atoms with Crippen LogP contribution in [0.25, 0.3) is 5.65 Å². The SMILES string of the molecule is CCCNC(=O)CC(c1cc(OC)cc(OC)c1)c1cnc2ccc(Cl)cn12. The van der Waals surface area contributed by atoms with E-state index in [-0.39, 0.29) is 18.2 Å². The number of hydrogen-bond donors (Lipinski definition) is 1. The molecule has 3 aromatic rings. The second-order valence-corrected chi connectivity index (χ2v) is 6.95. The number of amides is 1. The third-order valence-corrected chi connectivity index (χ3v) is 4.82. The second kappa shape index (κ2) is 8.97. The number of nitrogens with one attached hydrogen (secondary N) is 1. The molecule has 0 radical (unpaired) electrons. The van der Waals surface area contributed by atoms with Crippen LogP contribution < -0.4 is 14.8 Å². The van der Waals surface area contributed by atoms with Crippen molar-refractivity contribution in [2.75, 3.05) is 20.8 Å². The predicted octanol–water partition coefficient (Wildman–Crippen LogP) is 4.05. The average molecular weight is 402 g/mol. The Bertz CT molecular complexity index is 948. The zero-order valence-electron chi connectivity index (χ0n) is 16.2. The molecule has 0 saturated heterocycles. The van der Waals surface area contributed by atoms with Gasteiger partial charge in [-0.05, 0) is 36.2 Å². The van der Waals surface area contributed by atoms with Gasteiger partial charge >= 0.3 is 0 Å². The molecular formula is C21H24ClN3O3. The smallest absolute Gasteiger partial charge is 0.221 e. The fourth-order valence-corrected chi connectivity index (χ4v) is 3.34. The summed E-state index contributed by atoms with van der Waals surface area (Å²) in [5.74, 6) is 1.07. The number of aromatic nitrogens is 2. The summed E-state index contributed by atoms with van der Waals surface area (Å²) in [6.45, 7) is 2.67.